The van der Waals surface area contributed by atoms with Crippen LogP contribution in [0, 0.1) is 16.7 Å². The largest absolute Gasteiger partial charge is 0.395 e. The number of aliphatic hydroxyl groups excluding tert-OH is 1. The highest BCUT2D eigenvalue weighted by Crippen LogP contribution is 2.64. The van der Waals surface area contributed by atoms with Gasteiger partial charge in [0.25, 0.3) is 0 Å². The molecule has 0 amide bonds. The molecule has 2 rings (SSSR count). The van der Waals surface area contributed by atoms with Crippen LogP contribution in [0.5, 0.6) is 0 Å². The summed E-state index contributed by atoms with van der Waals surface area (Å²) >= 11 is 0. The summed E-state index contributed by atoms with van der Waals surface area (Å²) in [5.74, 6) is 0.268. The molecule has 6 heteroatoms. The second kappa shape index (κ2) is 5.07. The number of fused-ring (bicyclic) bond motifs is 2. The number of ketones is 1. The zero-order chi connectivity index (χ0) is 15.2. The Bertz CT molecular complexity index is 495. The average molecular weight is 303 g/mol. The number of hydrogen-bond donors (Lipinski definition) is 2. The molecule has 0 radical (unpaired) electrons. The second-order valence-corrected chi connectivity index (χ2v) is 8.59. The maximum absolute atomic E-state index is 12.4. The molecule has 5 nitrogen and oxygen atoms in total. The molecule has 20 heavy (non-hydrogen) atoms. The number of carbonyl (C=O) groups is 1. The lowest BCUT2D eigenvalue weighted by molar-refractivity contribution is -0.128. The maximum atomic E-state index is 12.4. The van der Waals surface area contributed by atoms with Gasteiger partial charge in [-0.2, -0.15) is 0 Å². The first-order valence-corrected chi connectivity index (χ1v) is 8.98. The fourth-order valence-corrected chi connectivity index (χ4v) is 6.14. The van der Waals surface area contributed by atoms with Crippen LogP contribution in [-0.2, 0) is 14.8 Å². The minimum absolute atomic E-state index is 0.0983. The lowest BCUT2D eigenvalue weighted by Crippen LogP contribution is -2.48. The Balaban J connectivity index is 2.22. The van der Waals surface area contributed by atoms with Gasteiger partial charge < -0.3 is 5.11 Å². The average Bonchev–Trinajstić information content (AvgIpc) is 2.69. The van der Waals surface area contributed by atoms with Gasteiger partial charge in [0, 0.05) is 17.9 Å². The summed E-state index contributed by atoms with van der Waals surface area (Å²) < 4.78 is 27.2. The van der Waals surface area contributed by atoms with Crippen LogP contribution in [0.25, 0.3) is 0 Å². The van der Waals surface area contributed by atoms with E-state index < -0.39 is 21.5 Å². The molecular weight excluding hydrogens is 278 g/mol. The van der Waals surface area contributed by atoms with Crippen molar-refractivity contribution in [1.29, 1.82) is 0 Å². The van der Waals surface area contributed by atoms with Crippen molar-refractivity contribution in [3.8, 4) is 0 Å². The van der Waals surface area contributed by atoms with E-state index >= 15 is 0 Å². The highest BCUT2D eigenvalue weighted by Gasteiger charge is 2.65. The number of sulfonamides is 1. The monoisotopic (exact) mass is 303 g/mol. The van der Waals surface area contributed by atoms with Gasteiger partial charge in [-0.3, -0.25) is 4.79 Å². The van der Waals surface area contributed by atoms with Gasteiger partial charge in [-0.1, -0.05) is 20.8 Å². The van der Waals surface area contributed by atoms with Crippen molar-refractivity contribution in [2.75, 3.05) is 12.4 Å². The molecule has 0 heterocycles. The van der Waals surface area contributed by atoms with E-state index in [9.17, 15) is 13.2 Å². The summed E-state index contributed by atoms with van der Waals surface area (Å²) in [7, 11) is -3.57. The molecular formula is C14H25NO4S. The van der Waals surface area contributed by atoms with Crippen molar-refractivity contribution in [3.05, 3.63) is 0 Å². The number of aliphatic hydroxyl groups is 1. The number of nitrogens with one attached hydrogen (secondary N) is 1. The molecule has 0 spiro atoms. The smallest absolute Gasteiger partial charge is 0.212 e. The Labute approximate surface area is 121 Å². The van der Waals surface area contributed by atoms with Crippen LogP contribution in [0.3, 0.4) is 0 Å². The minimum atomic E-state index is -3.57. The topological polar surface area (TPSA) is 83.5 Å². The molecule has 2 aliphatic carbocycles. The second-order valence-electron chi connectivity index (χ2n) is 6.83. The molecule has 0 aromatic carbocycles. The molecule has 2 aliphatic rings. The molecule has 0 aromatic rings. The van der Waals surface area contributed by atoms with Gasteiger partial charge in [-0.15, -0.1) is 0 Å². The summed E-state index contributed by atoms with van der Waals surface area (Å²) in [5, 5.41) is 9.14. The van der Waals surface area contributed by atoms with Gasteiger partial charge in [0.2, 0.25) is 10.0 Å². The molecule has 116 valence electrons. The lowest BCUT2D eigenvalue weighted by atomic mass is 9.70. The van der Waals surface area contributed by atoms with E-state index in [0.29, 0.717) is 25.2 Å². The third-order valence-electron chi connectivity index (χ3n) is 5.63. The van der Waals surface area contributed by atoms with E-state index in [1.165, 1.54) is 0 Å². The maximum Gasteiger partial charge on any atom is 0.212 e. The fourth-order valence-electron chi connectivity index (χ4n) is 3.98. The highest BCUT2D eigenvalue weighted by molar-refractivity contribution is 7.89. The summed E-state index contributed by atoms with van der Waals surface area (Å²) in [5.41, 5.74) is -0.989. The summed E-state index contributed by atoms with van der Waals surface area (Å²) in [6.07, 6.45) is 2.65. The van der Waals surface area contributed by atoms with Crippen molar-refractivity contribution in [1.82, 2.24) is 4.72 Å². The number of carbonyl (C=O) groups excluding carboxylic acids is 1. The Kier molecular flexibility index (Phi) is 4.04. The predicted octanol–water partition coefficient (Wildman–Crippen LogP) is 1.07. The number of rotatable bonds is 6. The predicted molar refractivity (Wildman–Crippen MR) is 76.6 cm³/mol. The number of Topliss-reactive ketones (excluding diaryl/α,β-unsaturated/α-hetero) is 1. The number of hydrogen-bond acceptors (Lipinski definition) is 4. The molecule has 2 bridgehead atoms. The molecule has 3 atom stereocenters. The van der Waals surface area contributed by atoms with E-state index in [1.54, 1.807) is 0 Å². The van der Waals surface area contributed by atoms with Crippen LogP contribution in [-0.4, -0.2) is 37.7 Å². The molecule has 2 N–H and O–H groups in total. The first-order chi connectivity index (χ1) is 9.18. The Hall–Kier alpha value is -0.460. The Morgan fingerprint density at radius 2 is 2.10 bits per heavy atom. The molecule has 0 saturated heterocycles. The molecule has 2 saturated carbocycles. The van der Waals surface area contributed by atoms with Crippen LogP contribution in [0.1, 0.15) is 46.5 Å². The van der Waals surface area contributed by atoms with Crippen LogP contribution in [0.4, 0.5) is 0 Å². The normalized spacial score (nSPS) is 33.6. The van der Waals surface area contributed by atoms with Crippen LogP contribution < -0.4 is 4.72 Å². The van der Waals surface area contributed by atoms with Crippen molar-refractivity contribution in [2.24, 2.45) is 16.7 Å². The van der Waals surface area contributed by atoms with E-state index in [4.69, 9.17) is 5.11 Å². The standard InChI is InChI=1S/C14H25NO4S/c1-4-11(8-16)15-20(18,19)9-14-6-5-10(7-12(14)17)13(14,2)3/h10-11,15-16H,4-9H2,1-3H3/t10-,11-,14-/m1/s1. The van der Waals surface area contributed by atoms with Gasteiger partial charge in [0.15, 0.2) is 0 Å². The van der Waals surface area contributed by atoms with Crippen molar-refractivity contribution in [3.63, 3.8) is 0 Å². The Morgan fingerprint density at radius 3 is 2.50 bits per heavy atom. The zero-order valence-corrected chi connectivity index (χ0v) is 13.3. The minimum Gasteiger partial charge on any atom is -0.395 e. The zero-order valence-electron chi connectivity index (χ0n) is 12.5. The van der Waals surface area contributed by atoms with Crippen molar-refractivity contribution < 1.29 is 18.3 Å². The van der Waals surface area contributed by atoms with Gasteiger partial charge in [0.1, 0.15) is 5.78 Å². The summed E-state index contributed by atoms with van der Waals surface area (Å²) in [4.78, 5) is 12.3. The van der Waals surface area contributed by atoms with Crippen LogP contribution >= 0.6 is 0 Å². The van der Waals surface area contributed by atoms with Crippen molar-refractivity contribution in [2.45, 2.75) is 52.5 Å². The molecule has 0 aromatic heterocycles. The van der Waals surface area contributed by atoms with Gasteiger partial charge in [-0.05, 0) is 30.6 Å². The third kappa shape index (κ3) is 2.31. The van der Waals surface area contributed by atoms with E-state index in [2.05, 4.69) is 4.72 Å². The quantitative estimate of drug-likeness (QED) is 0.769. The summed E-state index contributed by atoms with van der Waals surface area (Å²) in [6, 6.07) is -0.465. The van der Waals surface area contributed by atoms with Crippen LogP contribution in [0.15, 0.2) is 0 Å². The molecule has 2 fully saturated rings. The Morgan fingerprint density at radius 1 is 1.45 bits per heavy atom. The van der Waals surface area contributed by atoms with Crippen molar-refractivity contribution >= 4 is 15.8 Å². The first-order valence-electron chi connectivity index (χ1n) is 7.32. The van der Waals surface area contributed by atoms with E-state index in [1.807, 2.05) is 20.8 Å². The SMILES string of the molecule is CC[C@H](CO)NS(=O)(=O)C[C@]12CC[C@H](CC1=O)C2(C)C. The summed E-state index contributed by atoms with van der Waals surface area (Å²) in [6.45, 7) is 5.64. The van der Waals surface area contributed by atoms with E-state index in [-0.39, 0.29) is 23.6 Å². The first kappa shape index (κ1) is 15.9. The lowest BCUT2D eigenvalue weighted by Gasteiger charge is -2.36. The molecule has 0 unspecified atom stereocenters. The van der Waals surface area contributed by atoms with Gasteiger partial charge in [-0.25, -0.2) is 13.1 Å². The third-order valence-corrected chi connectivity index (χ3v) is 7.20. The fraction of sp³-hybridized carbons (Fsp3) is 0.929. The van der Waals surface area contributed by atoms with E-state index in [0.717, 1.165) is 6.42 Å². The van der Waals surface area contributed by atoms with Gasteiger partial charge in [0.05, 0.1) is 12.4 Å². The highest BCUT2D eigenvalue weighted by atomic mass is 32.2. The van der Waals surface area contributed by atoms with Gasteiger partial charge >= 0.3 is 0 Å². The molecule has 0 aliphatic heterocycles. The van der Waals surface area contributed by atoms with Crippen LogP contribution in [0.2, 0.25) is 0 Å².